The first kappa shape index (κ1) is 21.7. The molecule has 0 N–H and O–H groups in total. The first-order chi connectivity index (χ1) is 15.3. The van der Waals surface area contributed by atoms with Gasteiger partial charge in [-0.3, -0.25) is 4.31 Å². The number of carbonyl (C=O) groups is 1. The van der Waals surface area contributed by atoms with E-state index in [4.69, 9.17) is 20.9 Å². The van der Waals surface area contributed by atoms with Crippen LogP contribution in [0.2, 0.25) is 5.02 Å². The zero-order valence-corrected chi connectivity index (χ0v) is 18.4. The Labute approximate surface area is 189 Å². The maximum Gasteiger partial charge on any atom is 0.344 e. The van der Waals surface area contributed by atoms with Crippen molar-refractivity contribution in [3.8, 4) is 11.5 Å². The average molecular weight is 473 g/mol. The van der Waals surface area contributed by atoms with E-state index in [1.165, 1.54) is 13.1 Å². The largest absolute Gasteiger partial charge is 0.454 e. The summed E-state index contributed by atoms with van der Waals surface area (Å²) in [6.07, 6.45) is 1.22. The number of halogens is 1. The van der Waals surface area contributed by atoms with E-state index in [2.05, 4.69) is 14.5 Å². The zero-order chi connectivity index (χ0) is 22.7. The first-order valence-corrected chi connectivity index (χ1v) is 11.2. The molecule has 0 fully saturated rings. The van der Waals surface area contributed by atoms with Gasteiger partial charge in [0.05, 0.1) is 28.4 Å². The van der Waals surface area contributed by atoms with E-state index in [0.29, 0.717) is 10.6 Å². The Morgan fingerprint density at radius 1 is 1.12 bits per heavy atom. The van der Waals surface area contributed by atoms with E-state index in [-0.39, 0.29) is 36.2 Å². The van der Waals surface area contributed by atoms with Gasteiger partial charge in [-0.2, -0.15) is 13.4 Å². The van der Waals surface area contributed by atoms with Crippen molar-refractivity contribution >= 4 is 33.5 Å². The highest BCUT2D eigenvalue weighted by Gasteiger charge is 2.29. The second kappa shape index (κ2) is 8.93. The van der Waals surface area contributed by atoms with Crippen molar-refractivity contribution in [2.24, 2.45) is 4.40 Å². The predicted molar refractivity (Wildman–Crippen MR) is 117 cm³/mol. The highest BCUT2D eigenvalue weighted by atomic mass is 35.5. The second-order valence-corrected chi connectivity index (χ2v) is 8.75. The van der Waals surface area contributed by atoms with Gasteiger partial charge in [0.15, 0.2) is 6.61 Å². The summed E-state index contributed by atoms with van der Waals surface area (Å²) in [5.41, 5.74) is 1.35. The van der Waals surface area contributed by atoms with Crippen LogP contribution in [0.15, 0.2) is 75.3 Å². The standard InChI is InChI=1S/C21H17ClN4O5S/c1-14-17(12-26(32(28,29)25-14)11-15-7-3-2-4-8-15)21(27)30-13-19-23-20(31-24-19)16-9-5-6-10-18(16)22/h2-10,12H,11,13H2,1H3. The van der Waals surface area contributed by atoms with Crippen molar-refractivity contribution in [2.75, 3.05) is 0 Å². The van der Waals surface area contributed by atoms with Crippen LogP contribution in [-0.4, -0.2) is 34.5 Å². The fourth-order valence-corrected chi connectivity index (χ4v) is 4.25. The lowest BCUT2D eigenvalue weighted by Gasteiger charge is -2.23. The van der Waals surface area contributed by atoms with Gasteiger partial charge in [-0.15, -0.1) is 4.40 Å². The van der Waals surface area contributed by atoms with Crippen molar-refractivity contribution < 1.29 is 22.5 Å². The topological polar surface area (TPSA) is 115 Å². The number of rotatable bonds is 6. The van der Waals surface area contributed by atoms with Crippen LogP contribution >= 0.6 is 11.6 Å². The molecule has 0 atom stereocenters. The molecule has 2 heterocycles. The summed E-state index contributed by atoms with van der Waals surface area (Å²) in [5.74, 6) is -0.437. The normalized spacial score (nSPS) is 15.1. The van der Waals surface area contributed by atoms with Crippen molar-refractivity contribution in [3.63, 3.8) is 0 Å². The molecule has 3 aromatic rings. The van der Waals surface area contributed by atoms with E-state index in [1.807, 2.05) is 6.07 Å². The monoisotopic (exact) mass is 472 g/mol. The van der Waals surface area contributed by atoms with Crippen LogP contribution < -0.4 is 0 Å². The van der Waals surface area contributed by atoms with Gasteiger partial charge < -0.3 is 9.26 Å². The Hall–Kier alpha value is -3.50. The highest BCUT2D eigenvalue weighted by molar-refractivity contribution is 7.88. The van der Waals surface area contributed by atoms with Crippen molar-refractivity contribution in [2.45, 2.75) is 20.1 Å². The van der Waals surface area contributed by atoms with Crippen LogP contribution in [0.1, 0.15) is 18.3 Å². The molecule has 0 spiro atoms. The molecule has 4 rings (SSSR count). The fourth-order valence-electron chi connectivity index (χ4n) is 2.93. The van der Waals surface area contributed by atoms with Gasteiger partial charge >= 0.3 is 16.2 Å². The maximum atomic E-state index is 12.6. The summed E-state index contributed by atoms with van der Waals surface area (Å²) in [6, 6.07) is 15.9. The molecule has 32 heavy (non-hydrogen) atoms. The summed E-state index contributed by atoms with van der Waals surface area (Å²) in [4.78, 5) is 16.8. The smallest absolute Gasteiger partial charge is 0.344 e. The molecule has 0 aliphatic carbocycles. The Morgan fingerprint density at radius 3 is 2.59 bits per heavy atom. The molecule has 1 aliphatic heterocycles. The Balaban J connectivity index is 1.48. The molecular formula is C21H17ClN4O5S. The SMILES string of the molecule is CC1=NS(=O)(=O)N(Cc2ccccc2)C=C1C(=O)OCc1noc(-c2ccccc2Cl)n1. The van der Waals surface area contributed by atoms with Crippen molar-refractivity contribution in [1.29, 1.82) is 0 Å². The molecule has 0 unspecified atom stereocenters. The fraction of sp³-hybridized carbons (Fsp3) is 0.143. The summed E-state index contributed by atoms with van der Waals surface area (Å²) >= 11 is 6.12. The number of aromatic nitrogens is 2. The van der Waals surface area contributed by atoms with Crippen molar-refractivity contribution in [3.05, 3.63) is 82.8 Å². The van der Waals surface area contributed by atoms with Gasteiger partial charge in [-0.05, 0) is 24.6 Å². The van der Waals surface area contributed by atoms with Gasteiger partial charge in [0.2, 0.25) is 5.82 Å². The van der Waals surface area contributed by atoms with Crippen molar-refractivity contribution in [1.82, 2.24) is 14.4 Å². The van der Waals surface area contributed by atoms with E-state index >= 15 is 0 Å². The Bertz CT molecular complexity index is 1320. The van der Waals surface area contributed by atoms with Gasteiger partial charge in [0.25, 0.3) is 5.89 Å². The van der Waals surface area contributed by atoms with Crippen LogP contribution in [0.4, 0.5) is 0 Å². The van der Waals surface area contributed by atoms with Crippen LogP contribution in [0, 0.1) is 0 Å². The minimum Gasteiger partial charge on any atom is -0.454 e. The van der Waals surface area contributed by atoms with Crippen LogP contribution in [0.3, 0.4) is 0 Å². The lowest BCUT2D eigenvalue weighted by atomic mass is 10.2. The molecular weight excluding hydrogens is 456 g/mol. The maximum absolute atomic E-state index is 12.6. The zero-order valence-electron chi connectivity index (χ0n) is 16.8. The number of ether oxygens (including phenoxy) is 1. The lowest BCUT2D eigenvalue weighted by Crippen LogP contribution is -2.31. The molecule has 0 bridgehead atoms. The van der Waals surface area contributed by atoms with E-state index in [9.17, 15) is 13.2 Å². The average Bonchev–Trinajstić information content (AvgIpc) is 3.23. The Morgan fingerprint density at radius 2 is 1.84 bits per heavy atom. The Kier molecular flexibility index (Phi) is 6.06. The minimum absolute atomic E-state index is 0.0191. The minimum atomic E-state index is -3.95. The van der Waals surface area contributed by atoms with Gasteiger partial charge in [0, 0.05) is 6.20 Å². The molecule has 0 saturated heterocycles. The second-order valence-electron chi connectivity index (χ2n) is 6.80. The van der Waals surface area contributed by atoms with Crippen LogP contribution in [-0.2, 0) is 32.9 Å². The van der Waals surface area contributed by atoms with Gasteiger partial charge in [-0.25, -0.2) is 4.79 Å². The number of carbonyl (C=O) groups excluding carboxylic acids is 1. The van der Waals surface area contributed by atoms with Crippen LogP contribution in [0.25, 0.3) is 11.5 Å². The predicted octanol–water partition coefficient (Wildman–Crippen LogP) is 3.54. The molecule has 2 aromatic carbocycles. The number of hydrogen-bond donors (Lipinski definition) is 0. The summed E-state index contributed by atoms with van der Waals surface area (Å²) < 4.78 is 39.9. The molecule has 0 amide bonds. The lowest BCUT2D eigenvalue weighted by molar-refractivity contribution is -0.140. The van der Waals surface area contributed by atoms with Gasteiger partial charge in [-0.1, -0.05) is 59.2 Å². The molecule has 9 nitrogen and oxygen atoms in total. The number of hydrogen-bond acceptors (Lipinski definition) is 7. The quantitative estimate of drug-likeness (QED) is 0.504. The third-order valence-corrected chi connectivity index (χ3v) is 6.18. The molecule has 11 heteroatoms. The summed E-state index contributed by atoms with van der Waals surface area (Å²) in [5, 5.41) is 4.23. The number of esters is 1. The third kappa shape index (κ3) is 4.71. The molecule has 0 radical (unpaired) electrons. The van der Waals surface area contributed by atoms with Crippen LogP contribution in [0.5, 0.6) is 0 Å². The summed E-state index contributed by atoms with van der Waals surface area (Å²) in [6.45, 7) is 1.18. The number of benzene rings is 2. The molecule has 164 valence electrons. The molecule has 0 saturated carbocycles. The van der Waals surface area contributed by atoms with E-state index in [1.54, 1.807) is 48.5 Å². The summed E-state index contributed by atoms with van der Waals surface area (Å²) in [7, 11) is -3.95. The van der Waals surface area contributed by atoms with E-state index in [0.717, 1.165) is 9.87 Å². The molecule has 1 aliphatic rings. The third-order valence-electron chi connectivity index (χ3n) is 4.52. The first-order valence-electron chi connectivity index (χ1n) is 9.42. The highest BCUT2D eigenvalue weighted by Crippen LogP contribution is 2.26. The van der Waals surface area contributed by atoms with Gasteiger partial charge in [0.1, 0.15) is 0 Å². The van der Waals surface area contributed by atoms with E-state index < -0.39 is 16.2 Å². The number of nitrogens with zero attached hydrogens (tertiary/aromatic N) is 4. The molecule has 1 aromatic heterocycles.